The Bertz CT molecular complexity index is 852. The number of hydrogen-bond donors (Lipinski definition) is 2. The summed E-state index contributed by atoms with van der Waals surface area (Å²) in [5.74, 6) is 1.18. The standard InChI is InChI=1S/C16H15F3N4OS/c1-20-15(22-8-14-23-13(9-25-14)16(17,18)19)21-7-11-6-10-4-2-3-5-12(10)24-11/h2-6,9H,7-8H2,1H3,(H2,20,21,22). The Morgan fingerprint density at radius 2 is 2.00 bits per heavy atom. The van der Waals surface area contributed by atoms with Gasteiger partial charge in [-0.15, -0.1) is 11.3 Å². The maximum atomic E-state index is 12.5. The monoisotopic (exact) mass is 368 g/mol. The topological polar surface area (TPSA) is 62.5 Å². The van der Waals surface area contributed by atoms with Gasteiger partial charge in [0.2, 0.25) is 0 Å². The molecule has 3 rings (SSSR count). The molecular weight excluding hydrogens is 353 g/mol. The molecule has 2 N–H and O–H groups in total. The first-order valence-corrected chi connectivity index (χ1v) is 8.27. The molecule has 0 aliphatic heterocycles. The number of aliphatic imine (C=N–C) groups is 1. The van der Waals surface area contributed by atoms with Gasteiger partial charge in [-0.05, 0) is 12.1 Å². The molecule has 0 amide bonds. The van der Waals surface area contributed by atoms with Gasteiger partial charge in [-0.1, -0.05) is 18.2 Å². The summed E-state index contributed by atoms with van der Waals surface area (Å²) in [7, 11) is 1.58. The number of guanidine groups is 1. The largest absolute Gasteiger partial charge is 0.459 e. The van der Waals surface area contributed by atoms with Crippen molar-refractivity contribution in [3.05, 3.63) is 52.2 Å². The van der Waals surface area contributed by atoms with Crippen molar-refractivity contribution >= 4 is 28.3 Å². The Balaban J connectivity index is 1.55. The molecule has 2 heterocycles. The third-order valence-electron chi connectivity index (χ3n) is 3.38. The summed E-state index contributed by atoms with van der Waals surface area (Å²) in [4.78, 5) is 7.60. The number of rotatable bonds is 4. The highest BCUT2D eigenvalue weighted by atomic mass is 32.1. The predicted octanol–water partition coefficient (Wildman–Crippen LogP) is 3.77. The molecule has 9 heteroatoms. The SMILES string of the molecule is CN=C(NCc1cc2ccccc2o1)NCc1nc(C(F)(F)F)cs1. The molecular formula is C16H15F3N4OS. The number of nitrogens with one attached hydrogen (secondary N) is 2. The van der Waals surface area contributed by atoms with Crippen LogP contribution in [0.1, 0.15) is 16.5 Å². The van der Waals surface area contributed by atoms with Gasteiger partial charge in [0.1, 0.15) is 16.4 Å². The summed E-state index contributed by atoms with van der Waals surface area (Å²) < 4.78 is 43.3. The maximum absolute atomic E-state index is 12.5. The minimum atomic E-state index is -4.42. The zero-order valence-corrected chi connectivity index (χ0v) is 14.0. The molecule has 1 aromatic carbocycles. The number of para-hydroxylation sites is 1. The van der Waals surface area contributed by atoms with E-state index in [-0.39, 0.29) is 6.54 Å². The van der Waals surface area contributed by atoms with Gasteiger partial charge >= 0.3 is 6.18 Å². The van der Waals surface area contributed by atoms with Crippen LogP contribution in [0, 0.1) is 0 Å². The van der Waals surface area contributed by atoms with Crippen LogP contribution in [0.2, 0.25) is 0 Å². The van der Waals surface area contributed by atoms with Gasteiger partial charge in [0, 0.05) is 17.8 Å². The van der Waals surface area contributed by atoms with Crippen LogP contribution in [0.4, 0.5) is 13.2 Å². The average molecular weight is 368 g/mol. The van der Waals surface area contributed by atoms with Crippen LogP contribution < -0.4 is 10.6 Å². The summed E-state index contributed by atoms with van der Waals surface area (Å²) in [6.45, 7) is 0.556. The molecule has 0 aliphatic carbocycles. The van der Waals surface area contributed by atoms with E-state index in [0.29, 0.717) is 17.5 Å². The lowest BCUT2D eigenvalue weighted by Crippen LogP contribution is -2.36. The van der Waals surface area contributed by atoms with Crippen LogP contribution in [0.3, 0.4) is 0 Å². The van der Waals surface area contributed by atoms with E-state index in [1.807, 2.05) is 30.3 Å². The summed E-state index contributed by atoms with van der Waals surface area (Å²) in [6, 6.07) is 9.58. The number of fused-ring (bicyclic) bond motifs is 1. The minimum absolute atomic E-state index is 0.153. The second kappa shape index (κ2) is 7.14. The smallest absolute Gasteiger partial charge is 0.434 e. The number of aromatic nitrogens is 1. The number of thiazole rings is 1. The molecule has 3 aromatic rings. The third-order valence-corrected chi connectivity index (χ3v) is 4.23. The first kappa shape index (κ1) is 17.3. The summed E-state index contributed by atoms with van der Waals surface area (Å²) in [5, 5.41) is 8.32. The van der Waals surface area contributed by atoms with Crippen LogP contribution in [0.25, 0.3) is 11.0 Å². The zero-order chi connectivity index (χ0) is 17.9. The van der Waals surface area contributed by atoms with E-state index in [4.69, 9.17) is 4.42 Å². The molecule has 0 bridgehead atoms. The van der Waals surface area contributed by atoms with E-state index in [9.17, 15) is 13.2 Å². The Morgan fingerprint density at radius 1 is 1.24 bits per heavy atom. The van der Waals surface area contributed by atoms with Crippen LogP contribution in [0.5, 0.6) is 0 Å². The Labute approximate surface area is 145 Å². The highest BCUT2D eigenvalue weighted by Gasteiger charge is 2.33. The molecule has 2 aromatic heterocycles. The molecule has 25 heavy (non-hydrogen) atoms. The van der Waals surface area contributed by atoms with Gasteiger partial charge in [-0.3, -0.25) is 4.99 Å². The molecule has 0 spiro atoms. The van der Waals surface area contributed by atoms with Crippen molar-refractivity contribution in [2.24, 2.45) is 4.99 Å². The number of benzene rings is 1. The normalized spacial score (nSPS) is 12.6. The van der Waals surface area contributed by atoms with E-state index in [2.05, 4.69) is 20.6 Å². The third kappa shape index (κ3) is 4.30. The van der Waals surface area contributed by atoms with Gasteiger partial charge in [0.25, 0.3) is 0 Å². The number of furan rings is 1. The highest BCUT2D eigenvalue weighted by Crippen LogP contribution is 2.29. The van der Waals surface area contributed by atoms with Crippen molar-refractivity contribution in [2.45, 2.75) is 19.3 Å². The van der Waals surface area contributed by atoms with Crippen LogP contribution in [-0.2, 0) is 19.3 Å². The van der Waals surface area contributed by atoms with E-state index in [1.165, 1.54) is 0 Å². The van der Waals surface area contributed by atoms with E-state index < -0.39 is 11.9 Å². The van der Waals surface area contributed by atoms with Crippen molar-refractivity contribution in [3.8, 4) is 0 Å². The second-order valence-electron chi connectivity index (χ2n) is 5.15. The van der Waals surface area contributed by atoms with Crippen molar-refractivity contribution < 1.29 is 17.6 Å². The van der Waals surface area contributed by atoms with Crippen LogP contribution in [0.15, 0.2) is 45.1 Å². The fourth-order valence-corrected chi connectivity index (χ4v) is 2.94. The zero-order valence-electron chi connectivity index (χ0n) is 13.2. The molecule has 132 valence electrons. The number of halogens is 3. The summed E-state index contributed by atoms with van der Waals surface area (Å²) in [5.41, 5.74) is -0.0794. The maximum Gasteiger partial charge on any atom is 0.434 e. The van der Waals surface area contributed by atoms with Gasteiger partial charge in [-0.2, -0.15) is 13.2 Å². The fourth-order valence-electron chi connectivity index (χ4n) is 2.20. The average Bonchev–Trinajstić information content (AvgIpc) is 3.21. The number of hydrogen-bond acceptors (Lipinski definition) is 4. The lowest BCUT2D eigenvalue weighted by atomic mass is 10.2. The fraction of sp³-hybridized carbons (Fsp3) is 0.250. The Morgan fingerprint density at radius 3 is 2.68 bits per heavy atom. The summed E-state index contributed by atoms with van der Waals surface area (Å²) in [6.07, 6.45) is -4.42. The van der Waals surface area contributed by atoms with Gasteiger partial charge in [0.05, 0.1) is 13.1 Å². The predicted molar refractivity (Wildman–Crippen MR) is 90.4 cm³/mol. The van der Waals surface area contributed by atoms with Crippen molar-refractivity contribution in [2.75, 3.05) is 7.05 Å². The number of alkyl halides is 3. The van der Waals surface area contributed by atoms with Crippen molar-refractivity contribution in [3.63, 3.8) is 0 Å². The lowest BCUT2D eigenvalue weighted by Gasteiger charge is -2.09. The number of nitrogens with zero attached hydrogens (tertiary/aromatic N) is 2. The van der Waals surface area contributed by atoms with Crippen LogP contribution in [-0.4, -0.2) is 18.0 Å². The molecule has 0 fully saturated rings. The lowest BCUT2D eigenvalue weighted by molar-refractivity contribution is -0.140. The second-order valence-corrected chi connectivity index (χ2v) is 6.10. The molecule has 0 radical (unpaired) electrons. The van der Waals surface area contributed by atoms with E-state index in [1.54, 1.807) is 7.05 Å². The quantitative estimate of drug-likeness (QED) is 0.544. The first-order chi connectivity index (χ1) is 12.0. The molecule has 0 unspecified atom stereocenters. The molecule has 0 saturated carbocycles. The van der Waals surface area contributed by atoms with E-state index in [0.717, 1.165) is 33.4 Å². The van der Waals surface area contributed by atoms with Crippen molar-refractivity contribution in [1.29, 1.82) is 0 Å². The van der Waals surface area contributed by atoms with Crippen LogP contribution >= 0.6 is 11.3 Å². The first-order valence-electron chi connectivity index (χ1n) is 7.39. The minimum Gasteiger partial charge on any atom is -0.459 e. The van der Waals surface area contributed by atoms with Gasteiger partial charge in [0.15, 0.2) is 11.7 Å². The highest BCUT2D eigenvalue weighted by molar-refractivity contribution is 7.09. The molecule has 5 nitrogen and oxygen atoms in total. The van der Waals surface area contributed by atoms with Gasteiger partial charge in [-0.25, -0.2) is 4.98 Å². The Kier molecular flexibility index (Phi) is 4.93. The molecule has 0 aliphatic rings. The van der Waals surface area contributed by atoms with Crippen molar-refractivity contribution in [1.82, 2.24) is 15.6 Å². The Hall–Kier alpha value is -2.55. The molecule has 0 atom stereocenters. The van der Waals surface area contributed by atoms with E-state index >= 15 is 0 Å². The van der Waals surface area contributed by atoms with Gasteiger partial charge < -0.3 is 15.1 Å². The summed E-state index contributed by atoms with van der Waals surface area (Å²) >= 11 is 0.951. The molecule has 0 saturated heterocycles.